The molecule has 0 fully saturated rings. The minimum Gasteiger partial charge on any atom is -0.478 e. The maximum absolute atomic E-state index is 11.2. The van der Waals surface area contributed by atoms with Crippen molar-refractivity contribution in [1.82, 2.24) is 5.32 Å². The molecule has 0 radical (unpaired) electrons. The molecule has 108 valence electrons. The Bertz CT molecular complexity index is 381. The summed E-state index contributed by atoms with van der Waals surface area (Å²) in [5.74, 6) is -1.19. The van der Waals surface area contributed by atoms with Crippen LogP contribution in [0, 0.1) is 0 Å². The van der Waals surface area contributed by atoms with Gasteiger partial charge in [-0.25, -0.2) is 4.79 Å². The van der Waals surface area contributed by atoms with Gasteiger partial charge >= 0.3 is 5.97 Å². The Balaban J connectivity index is 2.94. The van der Waals surface area contributed by atoms with Gasteiger partial charge < -0.3 is 20.9 Å². The zero-order valence-electron chi connectivity index (χ0n) is 11.6. The first-order valence-corrected chi connectivity index (χ1v) is 6.47. The zero-order valence-corrected chi connectivity index (χ0v) is 11.6. The van der Waals surface area contributed by atoms with E-state index >= 15 is 0 Å². The van der Waals surface area contributed by atoms with Gasteiger partial charge in [0.05, 0.1) is 18.2 Å². The van der Waals surface area contributed by atoms with Gasteiger partial charge in [0.15, 0.2) is 0 Å². The Labute approximate surface area is 113 Å². The molecule has 1 aliphatic rings. The number of carbonyl (C=O) groups excluding carboxylic acids is 1. The van der Waals surface area contributed by atoms with Crippen molar-refractivity contribution < 1.29 is 19.4 Å². The lowest BCUT2D eigenvalue weighted by Gasteiger charge is -2.35. The molecule has 0 aromatic carbocycles. The number of nitrogens with two attached hydrogens (primary N) is 1. The number of hydrogen-bond acceptors (Lipinski definition) is 4. The largest absolute Gasteiger partial charge is 0.478 e. The third-order valence-electron chi connectivity index (χ3n) is 3.25. The Hall–Kier alpha value is -1.40. The van der Waals surface area contributed by atoms with Crippen LogP contribution in [0.25, 0.3) is 0 Å². The van der Waals surface area contributed by atoms with E-state index in [1.807, 2.05) is 13.8 Å². The van der Waals surface area contributed by atoms with Crippen LogP contribution in [0.5, 0.6) is 0 Å². The number of rotatable bonds is 5. The molecule has 0 aromatic heterocycles. The molecule has 0 aliphatic heterocycles. The average molecular weight is 270 g/mol. The summed E-state index contributed by atoms with van der Waals surface area (Å²) in [6.07, 6.45) is 2.04. The molecule has 0 bridgehead atoms. The van der Waals surface area contributed by atoms with E-state index < -0.39 is 24.2 Å². The van der Waals surface area contributed by atoms with E-state index in [-0.39, 0.29) is 24.0 Å². The predicted octanol–water partition coefficient (Wildman–Crippen LogP) is 0.417. The second kappa shape index (κ2) is 6.68. The van der Waals surface area contributed by atoms with Crippen LogP contribution in [-0.4, -0.2) is 41.3 Å². The van der Waals surface area contributed by atoms with Crippen molar-refractivity contribution in [2.24, 2.45) is 5.73 Å². The van der Waals surface area contributed by atoms with Crippen molar-refractivity contribution in [3.63, 3.8) is 0 Å². The molecular formula is C13H22N2O4. The number of carboxylic acids is 1. The molecule has 0 spiro atoms. The van der Waals surface area contributed by atoms with Crippen molar-refractivity contribution in [3.8, 4) is 0 Å². The van der Waals surface area contributed by atoms with E-state index in [1.54, 1.807) is 6.08 Å². The van der Waals surface area contributed by atoms with Crippen LogP contribution < -0.4 is 11.1 Å². The minimum atomic E-state index is -0.991. The van der Waals surface area contributed by atoms with Crippen LogP contribution in [-0.2, 0) is 14.3 Å². The molecule has 4 N–H and O–H groups in total. The van der Waals surface area contributed by atoms with Crippen molar-refractivity contribution >= 4 is 11.9 Å². The third kappa shape index (κ3) is 4.33. The molecule has 6 heteroatoms. The summed E-state index contributed by atoms with van der Waals surface area (Å²) in [6.45, 7) is 5.28. The van der Waals surface area contributed by atoms with Crippen molar-refractivity contribution in [2.45, 2.75) is 57.9 Å². The normalized spacial score (nSPS) is 28.4. The number of carboxylic acid groups (broad SMARTS) is 1. The van der Waals surface area contributed by atoms with Gasteiger partial charge in [-0.05, 0) is 25.8 Å². The summed E-state index contributed by atoms with van der Waals surface area (Å²) >= 11 is 0. The van der Waals surface area contributed by atoms with Crippen LogP contribution in [0.15, 0.2) is 11.6 Å². The maximum Gasteiger partial charge on any atom is 0.331 e. The lowest BCUT2D eigenvalue weighted by molar-refractivity contribution is -0.133. The molecule has 1 aliphatic carbocycles. The van der Waals surface area contributed by atoms with Gasteiger partial charge in [0, 0.05) is 18.5 Å². The summed E-state index contributed by atoms with van der Waals surface area (Å²) < 4.78 is 5.77. The molecule has 0 heterocycles. The summed E-state index contributed by atoms with van der Waals surface area (Å²) in [7, 11) is 0. The number of nitrogens with one attached hydrogen (secondary N) is 1. The quantitative estimate of drug-likeness (QED) is 0.672. The Morgan fingerprint density at radius 1 is 1.63 bits per heavy atom. The fraction of sp³-hybridized carbons (Fsp3) is 0.692. The topological polar surface area (TPSA) is 102 Å². The van der Waals surface area contributed by atoms with E-state index in [2.05, 4.69) is 5.32 Å². The predicted molar refractivity (Wildman–Crippen MR) is 70.5 cm³/mol. The summed E-state index contributed by atoms with van der Waals surface area (Å²) in [4.78, 5) is 22.3. The lowest BCUT2D eigenvalue weighted by Crippen LogP contribution is -2.56. The minimum absolute atomic E-state index is 0.0298. The highest BCUT2D eigenvalue weighted by Gasteiger charge is 2.35. The molecule has 1 amide bonds. The first-order chi connectivity index (χ1) is 8.85. The van der Waals surface area contributed by atoms with Gasteiger partial charge in [0.1, 0.15) is 0 Å². The number of hydrogen-bond donors (Lipinski definition) is 3. The first-order valence-electron chi connectivity index (χ1n) is 6.47. The number of carbonyl (C=O) groups is 2. The molecule has 0 saturated carbocycles. The van der Waals surface area contributed by atoms with Crippen LogP contribution in [0.3, 0.4) is 0 Å². The monoisotopic (exact) mass is 270 g/mol. The Morgan fingerprint density at radius 3 is 2.74 bits per heavy atom. The summed E-state index contributed by atoms with van der Waals surface area (Å²) in [6, 6.07) is -0.858. The van der Waals surface area contributed by atoms with E-state index in [0.29, 0.717) is 0 Å². The zero-order chi connectivity index (χ0) is 14.6. The number of amides is 1. The second-order valence-corrected chi connectivity index (χ2v) is 4.91. The van der Waals surface area contributed by atoms with E-state index in [0.717, 1.165) is 6.42 Å². The molecule has 0 aromatic rings. The maximum atomic E-state index is 11.2. The summed E-state index contributed by atoms with van der Waals surface area (Å²) in [5.41, 5.74) is 6.20. The van der Waals surface area contributed by atoms with Gasteiger partial charge in [0.25, 0.3) is 0 Å². The standard InChI is InChI=1S/C13H22N2O4/c1-4-7(2)19-11-6-9(13(17)18)5-10(14)12(11)15-8(3)16/h6-7,10-12H,4-5,14H2,1-3H3,(H,15,16)(H,17,18)/t7-,10-,11+,12+/m0/s1. The number of aliphatic carboxylic acids is 1. The Kier molecular flexibility index (Phi) is 5.50. The van der Waals surface area contributed by atoms with Crippen molar-refractivity contribution in [3.05, 3.63) is 11.6 Å². The van der Waals surface area contributed by atoms with Gasteiger partial charge in [0.2, 0.25) is 5.91 Å². The summed E-state index contributed by atoms with van der Waals surface area (Å²) in [5, 5.41) is 11.8. The molecule has 6 nitrogen and oxygen atoms in total. The fourth-order valence-corrected chi connectivity index (χ4v) is 2.07. The van der Waals surface area contributed by atoms with Gasteiger partial charge in [-0.15, -0.1) is 0 Å². The van der Waals surface area contributed by atoms with Crippen molar-refractivity contribution in [1.29, 1.82) is 0 Å². The molecule has 0 saturated heterocycles. The first kappa shape index (κ1) is 15.7. The van der Waals surface area contributed by atoms with Gasteiger partial charge in [-0.2, -0.15) is 0 Å². The van der Waals surface area contributed by atoms with Crippen molar-refractivity contribution in [2.75, 3.05) is 0 Å². The smallest absolute Gasteiger partial charge is 0.331 e. The Morgan fingerprint density at radius 2 is 2.26 bits per heavy atom. The van der Waals surface area contributed by atoms with Crippen LogP contribution >= 0.6 is 0 Å². The fourth-order valence-electron chi connectivity index (χ4n) is 2.07. The molecule has 19 heavy (non-hydrogen) atoms. The molecule has 4 atom stereocenters. The van der Waals surface area contributed by atoms with E-state index in [9.17, 15) is 9.59 Å². The van der Waals surface area contributed by atoms with Gasteiger partial charge in [-0.1, -0.05) is 6.92 Å². The molecular weight excluding hydrogens is 248 g/mol. The van der Waals surface area contributed by atoms with Crippen LogP contribution in [0.4, 0.5) is 0 Å². The second-order valence-electron chi connectivity index (χ2n) is 4.91. The van der Waals surface area contributed by atoms with Gasteiger partial charge in [-0.3, -0.25) is 4.79 Å². The SMILES string of the molecule is CC[C@H](C)O[C@@H]1C=C(C(=O)O)C[C@H](N)[C@H]1NC(C)=O. The van der Waals surface area contributed by atoms with E-state index in [1.165, 1.54) is 6.92 Å². The van der Waals surface area contributed by atoms with Crippen LogP contribution in [0.1, 0.15) is 33.6 Å². The lowest BCUT2D eigenvalue weighted by atomic mass is 9.88. The molecule has 1 rings (SSSR count). The van der Waals surface area contributed by atoms with Crippen LogP contribution in [0.2, 0.25) is 0 Å². The highest BCUT2D eigenvalue weighted by Crippen LogP contribution is 2.22. The average Bonchev–Trinajstić information content (AvgIpc) is 2.32. The third-order valence-corrected chi connectivity index (χ3v) is 3.25. The van der Waals surface area contributed by atoms with E-state index in [4.69, 9.17) is 15.6 Å². The highest BCUT2D eigenvalue weighted by atomic mass is 16.5. The highest BCUT2D eigenvalue weighted by molar-refractivity contribution is 5.87. The number of ether oxygens (including phenoxy) is 1. The molecule has 0 unspecified atom stereocenters.